The van der Waals surface area contributed by atoms with Crippen LogP contribution in [0.1, 0.15) is 18.9 Å². The van der Waals surface area contributed by atoms with Crippen molar-refractivity contribution in [2.45, 2.75) is 13.3 Å². The van der Waals surface area contributed by atoms with Gasteiger partial charge >= 0.3 is 0 Å². The van der Waals surface area contributed by atoms with Crippen molar-refractivity contribution in [1.82, 2.24) is 5.43 Å². The molecule has 3 aromatic rings. The summed E-state index contributed by atoms with van der Waals surface area (Å²) < 4.78 is 11.7. The molecule has 0 spiro atoms. The molecule has 0 heterocycles. The van der Waals surface area contributed by atoms with Gasteiger partial charge in [-0.1, -0.05) is 77.5 Å². The largest absolute Gasteiger partial charge is 0.493 e. The molecule has 30 heavy (non-hydrogen) atoms. The molecule has 0 saturated heterocycles. The van der Waals surface area contributed by atoms with Gasteiger partial charge in [0.25, 0.3) is 5.91 Å². The summed E-state index contributed by atoms with van der Waals surface area (Å²) in [6.07, 6.45) is 0.687. The van der Waals surface area contributed by atoms with Crippen LogP contribution in [0.3, 0.4) is 0 Å². The van der Waals surface area contributed by atoms with Crippen molar-refractivity contribution < 1.29 is 14.3 Å². The molecule has 0 aliphatic carbocycles. The molecule has 5 nitrogen and oxygen atoms in total. The molecule has 6 heteroatoms. The van der Waals surface area contributed by atoms with Gasteiger partial charge in [-0.05, 0) is 41.3 Å². The van der Waals surface area contributed by atoms with Crippen LogP contribution in [-0.4, -0.2) is 25.3 Å². The topological polar surface area (TPSA) is 59.9 Å². The van der Waals surface area contributed by atoms with Gasteiger partial charge in [0.05, 0.1) is 12.8 Å². The molecular formula is C24H23BrN2O3. The second-order valence-corrected chi connectivity index (χ2v) is 7.39. The van der Waals surface area contributed by atoms with Crippen LogP contribution in [0, 0.1) is 0 Å². The van der Waals surface area contributed by atoms with Gasteiger partial charge in [-0.3, -0.25) is 4.79 Å². The first-order valence-corrected chi connectivity index (χ1v) is 10.4. The predicted molar refractivity (Wildman–Crippen MR) is 123 cm³/mol. The van der Waals surface area contributed by atoms with Crippen LogP contribution >= 0.6 is 15.9 Å². The summed E-state index contributed by atoms with van der Waals surface area (Å²) >= 11 is 3.37. The van der Waals surface area contributed by atoms with Crippen LogP contribution in [0.4, 0.5) is 0 Å². The highest BCUT2D eigenvalue weighted by Gasteiger charge is 2.09. The van der Waals surface area contributed by atoms with Gasteiger partial charge < -0.3 is 9.47 Å². The highest BCUT2D eigenvalue weighted by atomic mass is 79.9. The number of ether oxygens (including phenoxy) is 2. The summed E-state index contributed by atoms with van der Waals surface area (Å²) in [5, 5.41) is 4.28. The van der Waals surface area contributed by atoms with E-state index >= 15 is 0 Å². The van der Waals surface area contributed by atoms with E-state index < -0.39 is 0 Å². The highest BCUT2D eigenvalue weighted by molar-refractivity contribution is 9.10. The molecule has 1 N–H and O–H groups in total. The van der Waals surface area contributed by atoms with E-state index in [0.29, 0.717) is 17.9 Å². The van der Waals surface area contributed by atoms with E-state index in [0.717, 1.165) is 26.9 Å². The number of methoxy groups -OCH3 is 1. The van der Waals surface area contributed by atoms with Crippen molar-refractivity contribution in [2.75, 3.05) is 13.7 Å². The van der Waals surface area contributed by atoms with Crippen LogP contribution < -0.4 is 14.9 Å². The van der Waals surface area contributed by atoms with Crippen molar-refractivity contribution in [3.8, 4) is 22.6 Å². The normalized spacial score (nSPS) is 11.1. The summed E-state index contributed by atoms with van der Waals surface area (Å²) in [6, 6.07) is 23.7. The number of rotatable bonds is 8. The third-order valence-electron chi connectivity index (χ3n) is 4.46. The fraction of sp³-hybridized carbons (Fsp3) is 0.167. The Morgan fingerprint density at radius 1 is 0.967 bits per heavy atom. The first-order valence-electron chi connectivity index (χ1n) is 9.58. The quantitative estimate of drug-likeness (QED) is 0.355. The summed E-state index contributed by atoms with van der Waals surface area (Å²) in [5.74, 6) is 0.701. The van der Waals surface area contributed by atoms with Crippen LogP contribution in [0.15, 0.2) is 82.4 Å². The monoisotopic (exact) mass is 466 g/mol. The molecule has 0 unspecified atom stereocenters. The summed E-state index contributed by atoms with van der Waals surface area (Å²) in [4.78, 5) is 12.2. The van der Waals surface area contributed by atoms with E-state index in [1.165, 1.54) is 0 Å². The minimum Gasteiger partial charge on any atom is -0.493 e. The van der Waals surface area contributed by atoms with E-state index in [-0.39, 0.29) is 12.5 Å². The van der Waals surface area contributed by atoms with Crippen molar-refractivity contribution in [3.05, 3.63) is 82.8 Å². The van der Waals surface area contributed by atoms with Crippen LogP contribution in [0.5, 0.6) is 11.5 Å². The fourth-order valence-electron chi connectivity index (χ4n) is 2.90. The lowest BCUT2D eigenvalue weighted by atomic mass is 10.0. The Morgan fingerprint density at radius 2 is 1.67 bits per heavy atom. The molecule has 1 amide bonds. The van der Waals surface area contributed by atoms with Gasteiger partial charge in [0, 0.05) is 4.47 Å². The lowest BCUT2D eigenvalue weighted by molar-refractivity contribution is -0.123. The minimum absolute atomic E-state index is 0.161. The molecule has 0 saturated carbocycles. The molecule has 0 aromatic heterocycles. The fourth-order valence-corrected chi connectivity index (χ4v) is 3.24. The Morgan fingerprint density at radius 3 is 2.33 bits per heavy atom. The predicted octanol–water partition coefficient (Wildman–Crippen LogP) is 5.43. The van der Waals surface area contributed by atoms with Gasteiger partial charge in [-0.25, -0.2) is 5.43 Å². The van der Waals surface area contributed by atoms with Crippen LogP contribution in [-0.2, 0) is 4.79 Å². The lowest BCUT2D eigenvalue weighted by Crippen LogP contribution is -2.26. The summed E-state index contributed by atoms with van der Waals surface area (Å²) in [6.45, 7) is 1.84. The van der Waals surface area contributed by atoms with Crippen molar-refractivity contribution >= 4 is 27.5 Å². The Kier molecular flexibility index (Phi) is 7.63. The van der Waals surface area contributed by atoms with Gasteiger partial charge in [-0.15, -0.1) is 0 Å². The van der Waals surface area contributed by atoms with E-state index in [4.69, 9.17) is 9.47 Å². The van der Waals surface area contributed by atoms with E-state index in [1.807, 2.05) is 43.3 Å². The number of carbonyl (C=O) groups excluding carboxylic acids is 1. The van der Waals surface area contributed by atoms with E-state index in [9.17, 15) is 4.79 Å². The highest BCUT2D eigenvalue weighted by Crippen LogP contribution is 2.30. The second-order valence-electron chi connectivity index (χ2n) is 6.47. The number of amides is 1. The molecule has 3 rings (SSSR count). The smallest absolute Gasteiger partial charge is 0.277 e. The number of hydrazone groups is 1. The third kappa shape index (κ3) is 5.70. The average molecular weight is 467 g/mol. The Labute approximate surface area is 184 Å². The third-order valence-corrected chi connectivity index (χ3v) is 4.95. The van der Waals surface area contributed by atoms with Crippen LogP contribution in [0.25, 0.3) is 11.1 Å². The standard InChI is InChI=1S/C24H23BrN2O3/c1-3-21(19-11-9-18(10-12-19)17-7-5-4-6-8-17)26-27-24(28)16-30-22-14-13-20(25)15-23(22)29-2/h4-15H,3,16H2,1-2H3,(H,27,28)/b26-21-. The zero-order valence-corrected chi connectivity index (χ0v) is 18.5. The zero-order chi connectivity index (χ0) is 21.3. The van der Waals surface area contributed by atoms with Gasteiger partial charge in [0.2, 0.25) is 0 Å². The maximum atomic E-state index is 12.2. The summed E-state index contributed by atoms with van der Waals surface area (Å²) in [7, 11) is 1.55. The SMILES string of the molecule is CC/C(=N/NC(=O)COc1ccc(Br)cc1OC)c1ccc(-c2ccccc2)cc1. The maximum Gasteiger partial charge on any atom is 0.277 e. The molecule has 154 valence electrons. The number of nitrogens with zero attached hydrogens (tertiary/aromatic N) is 1. The number of halogens is 1. The molecule has 0 radical (unpaired) electrons. The Balaban J connectivity index is 1.61. The van der Waals surface area contributed by atoms with Crippen LogP contribution in [0.2, 0.25) is 0 Å². The molecule has 0 aliphatic heterocycles. The molecule has 0 bridgehead atoms. The summed E-state index contributed by atoms with van der Waals surface area (Å²) in [5.41, 5.74) is 6.63. The average Bonchev–Trinajstić information content (AvgIpc) is 2.79. The first kappa shape index (κ1) is 21.6. The zero-order valence-electron chi connectivity index (χ0n) is 16.9. The number of hydrogen-bond donors (Lipinski definition) is 1. The molecular weight excluding hydrogens is 444 g/mol. The number of carbonyl (C=O) groups is 1. The second kappa shape index (κ2) is 10.6. The van der Waals surface area contributed by atoms with Gasteiger partial charge in [0.1, 0.15) is 0 Å². The number of benzene rings is 3. The molecule has 3 aromatic carbocycles. The van der Waals surface area contributed by atoms with Crippen molar-refractivity contribution in [1.29, 1.82) is 0 Å². The Hall–Kier alpha value is -3.12. The Bertz CT molecular complexity index is 1020. The first-order chi connectivity index (χ1) is 14.6. The van der Waals surface area contributed by atoms with Crippen molar-refractivity contribution in [3.63, 3.8) is 0 Å². The van der Waals surface area contributed by atoms with E-state index in [1.54, 1.807) is 19.2 Å². The minimum atomic E-state index is -0.341. The molecule has 0 fully saturated rings. The molecule has 0 aliphatic rings. The van der Waals surface area contributed by atoms with Gasteiger partial charge in [-0.2, -0.15) is 5.10 Å². The van der Waals surface area contributed by atoms with Gasteiger partial charge in [0.15, 0.2) is 18.1 Å². The maximum absolute atomic E-state index is 12.2. The number of hydrogen-bond acceptors (Lipinski definition) is 4. The number of nitrogens with one attached hydrogen (secondary N) is 1. The van der Waals surface area contributed by atoms with Crippen molar-refractivity contribution in [2.24, 2.45) is 5.10 Å². The molecule has 0 atom stereocenters. The van der Waals surface area contributed by atoms with E-state index in [2.05, 4.69) is 50.7 Å². The lowest BCUT2D eigenvalue weighted by Gasteiger charge is -2.11.